The van der Waals surface area contributed by atoms with Crippen LogP contribution in [-0.2, 0) is 13.5 Å². The molecule has 1 aromatic rings. The third-order valence-electron chi connectivity index (χ3n) is 3.47. The highest BCUT2D eigenvalue weighted by molar-refractivity contribution is 7.99. The van der Waals surface area contributed by atoms with Crippen molar-refractivity contribution in [3.05, 3.63) is 18.2 Å². The highest BCUT2D eigenvalue weighted by Crippen LogP contribution is 2.19. The van der Waals surface area contributed by atoms with Gasteiger partial charge in [0.1, 0.15) is 5.82 Å². The smallest absolute Gasteiger partial charge is 0.108 e. The Morgan fingerprint density at radius 1 is 1.59 bits per heavy atom. The predicted octanol–water partition coefficient (Wildman–Crippen LogP) is 0.761. The zero-order chi connectivity index (χ0) is 12.3. The van der Waals surface area contributed by atoms with E-state index in [-0.39, 0.29) is 6.10 Å². The van der Waals surface area contributed by atoms with Crippen LogP contribution in [0.2, 0.25) is 0 Å². The lowest BCUT2D eigenvalue weighted by Gasteiger charge is -2.35. The summed E-state index contributed by atoms with van der Waals surface area (Å²) in [5.41, 5.74) is 0. The molecule has 2 heterocycles. The normalized spacial score (nSPS) is 23.8. The van der Waals surface area contributed by atoms with Gasteiger partial charge < -0.3 is 9.67 Å². The number of rotatable bonds is 4. The standard InChI is InChI=1S/C12H21N3OS/c1-14-7-8-17-9-10(14)11(16)3-4-12-13-5-6-15(12)2/h5-6,10-11,16H,3-4,7-9H2,1-2H3. The number of hydrogen-bond acceptors (Lipinski definition) is 4. The third-order valence-corrected chi connectivity index (χ3v) is 4.52. The van der Waals surface area contributed by atoms with Crippen molar-refractivity contribution in [1.29, 1.82) is 0 Å². The first-order valence-corrected chi connectivity index (χ1v) is 7.26. The van der Waals surface area contributed by atoms with Gasteiger partial charge in [0, 0.05) is 50.0 Å². The van der Waals surface area contributed by atoms with E-state index >= 15 is 0 Å². The van der Waals surface area contributed by atoms with Crippen molar-refractivity contribution in [3.63, 3.8) is 0 Å². The Morgan fingerprint density at radius 3 is 3.06 bits per heavy atom. The number of hydrogen-bond donors (Lipinski definition) is 1. The summed E-state index contributed by atoms with van der Waals surface area (Å²) in [5, 5.41) is 10.2. The maximum atomic E-state index is 10.2. The van der Waals surface area contributed by atoms with Crippen LogP contribution in [0.1, 0.15) is 12.2 Å². The molecule has 1 aliphatic rings. The zero-order valence-electron chi connectivity index (χ0n) is 10.5. The molecule has 1 saturated heterocycles. The van der Waals surface area contributed by atoms with Crippen LogP contribution in [0.3, 0.4) is 0 Å². The number of aromatic nitrogens is 2. The summed E-state index contributed by atoms with van der Waals surface area (Å²) in [6.07, 6.45) is 5.15. The van der Waals surface area contributed by atoms with Gasteiger partial charge in [-0.25, -0.2) is 4.98 Å². The van der Waals surface area contributed by atoms with Gasteiger partial charge in [-0.05, 0) is 13.5 Å². The minimum atomic E-state index is -0.246. The molecule has 0 spiro atoms. The lowest BCUT2D eigenvalue weighted by Crippen LogP contribution is -2.47. The van der Waals surface area contributed by atoms with E-state index in [1.165, 1.54) is 5.75 Å². The van der Waals surface area contributed by atoms with Gasteiger partial charge in [0.2, 0.25) is 0 Å². The van der Waals surface area contributed by atoms with Gasteiger partial charge in [-0.2, -0.15) is 11.8 Å². The first kappa shape index (κ1) is 12.9. The predicted molar refractivity (Wildman–Crippen MR) is 71.3 cm³/mol. The summed E-state index contributed by atoms with van der Waals surface area (Å²) in [5.74, 6) is 3.27. The van der Waals surface area contributed by atoms with Crippen molar-refractivity contribution in [2.45, 2.75) is 25.0 Å². The second-order valence-electron chi connectivity index (χ2n) is 4.68. The van der Waals surface area contributed by atoms with E-state index in [2.05, 4.69) is 16.9 Å². The summed E-state index contributed by atoms with van der Waals surface area (Å²) in [7, 11) is 4.10. The molecule has 5 heteroatoms. The fraction of sp³-hybridized carbons (Fsp3) is 0.750. The van der Waals surface area contributed by atoms with Gasteiger partial charge in [-0.1, -0.05) is 0 Å². The molecule has 0 saturated carbocycles. The van der Waals surface area contributed by atoms with Crippen LogP contribution in [0.15, 0.2) is 12.4 Å². The van der Waals surface area contributed by atoms with E-state index in [1.54, 1.807) is 0 Å². The van der Waals surface area contributed by atoms with Gasteiger partial charge in [0.25, 0.3) is 0 Å². The Labute approximate surface area is 107 Å². The van der Waals surface area contributed by atoms with E-state index in [4.69, 9.17) is 0 Å². The molecule has 0 aliphatic carbocycles. The van der Waals surface area contributed by atoms with Crippen LogP contribution in [0.25, 0.3) is 0 Å². The summed E-state index contributed by atoms with van der Waals surface area (Å²) >= 11 is 1.94. The molecule has 0 amide bonds. The number of thioether (sulfide) groups is 1. The van der Waals surface area contributed by atoms with Gasteiger partial charge >= 0.3 is 0 Å². The van der Waals surface area contributed by atoms with E-state index in [0.717, 1.165) is 31.0 Å². The van der Waals surface area contributed by atoms with Crippen LogP contribution in [0, 0.1) is 0 Å². The van der Waals surface area contributed by atoms with Crippen LogP contribution in [0.4, 0.5) is 0 Å². The summed E-state index contributed by atoms with van der Waals surface area (Å²) < 4.78 is 2.02. The van der Waals surface area contributed by atoms with Crippen molar-refractivity contribution in [2.75, 3.05) is 25.1 Å². The molecule has 0 radical (unpaired) electrons. The first-order chi connectivity index (χ1) is 8.18. The highest BCUT2D eigenvalue weighted by atomic mass is 32.2. The minimum absolute atomic E-state index is 0.246. The van der Waals surface area contributed by atoms with Crippen molar-refractivity contribution in [2.24, 2.45) is 7.05 Å². The molecule has 1 N–H and O–H groups in total. The molecule has 2 unspecified atom stereocenters. The Balaban J connectivity index is 1.84. The number of likely N-dealkylation sites (N-methyl/N-ethyl adjacent to an activating group) is 1. The molecule has 0 bridgehead atoms. The van der Waals surface area contributed by atoms with E-state index in [1.807, 2.05) is 35.8 Å². The van der Waals surface area contributed by atoms with Crippen LogP contribution in [0.5, 0.6) is 0 Å². The molecule has 0 aromatic carbocycles. The number of aryl methyl sites for hydroxylation is 2. The number of aliphatic hydroxyl groups excluding tert-OH is 1. The maximum Gasteiger partial charge on any atom is 0.108 e. The quantitative estimate of drug-likeness (QED) is 0.862. The second kappa shape index (κ2) is 5.89. The zero-order valence-corrected chi connectivity index (χ0v) is 11.4. The van der Waals surface area contributed by atoms with Crippen LogP contribution in [-0.4, -0.2) is 56.8 Å². The van der Waals surface area contributed by atoms with Gasteiger partial charge in [0.05, 0.1) is 6.10 Å². The van der Waals surface area contributed by atoms with Gasteiger partial charge in [-0.15, -0.1) is 0 Å². The van der Waals surface area contributed by atoms with Gasteiger partial charge in [0.15, 0.2) is 0 Å². The van der Waals surface area contributed by atoms with Crippen LogP contribution < -0.4 is 0 Å². The Bertz CT molecular complexity index is 355. The summed E-state index contributed by atoms with van der Waals surface area (Å²) in [6, 6.07) is 0.300. The minimum Gasteiger partial charge on any atom is -0.391 e. The third kappa shape index (κ3) is 3.24. The largest absolute Gasteiger partial charge is 0.391 e. The lowest BCUT2D eigenvalue weighted by molar-refractivity contribution is 0.0692. The molecule has 1 fully saturated rings. The molecule has 2 rings (SSSR count). The Morgan fingerprint density at radius 2 is 2.41 bits per heavy atom. The average molecular weight is 255 g/mol. The topological polar surface area (TPSA) is 41.3 Å². The van der Waals surface area contributed by atoms with Crippen LogP contribution >= 0.6 is 11.8 Å². The van der Waals surface area contributed by atoms with Gasteiger partial charge in [-0.3, -0.25) is 4.90 Å². The summed E-state index contributed by atoms with van der Waals surface area (Å²) in [4.78, 5) is 6.56. The molecule has 96 valence electrons. The molecule has 17 heavy (non-hydrogen) atoms. The molecule has 1 aromatic heterocycles. The Kier molecular flexibility index (Phi) is 4.48. The average Bonchev–Trinajstić information content (AvgIpc) is 2.72. The van der Waals surface area contributed by atoms with Crippen molar-refractivity contribution in [1.82, 2.24) is 14.5 Å². The molecular weight excluding hydrogens is 234 g/mol. The van der Waals surface area contributed by atoms with E-state index in [0.29, 0.717) is 6.04 Å². The first-order valence-electron chi connectivity index (χ1n) is 6.10. The maximum absolute atomic E-state index is 10.2. The van der Waals surface area contributed by atoms with Crippen molar-refractivity contribution < 1.29 is 5.11 Å². The molecule has 4 nitrogen and oxygen atoms in total. The Hall–Kier alpha value is -0.520. The SMILES string of the molecule is CN1CCSCC1C(O)CCc1nccn1C. The highest BCUT2D eigenvalue weighted by Gasteiger charge is 2.26. The summed E-state index contributed by atoms with van der Waals surface area (Å²) in [6.45, 7) is 1.08. The second-order valence-corrected chi connectivity index (χ2v) is 5.83. The van der Waals surface area contributed by atoms with Crippen molar-refractivity contribution in [3.8, 4) is 0 Å². The molecular formula is C12H21N3OS. The molecule has 2 atom stereocenters. The fourth-order valence-corrected chi connectivity index (χ4v) is 3.52. The molecule has 1 aliphatic heterocycles. The van der Waals surface area contributed by atoms with Crippen molar-refractivity contribution >= 4 is 11.8 Å². The number of aliphatic hydroxyl groups is 1. The number of imidazole rings is 1. The fourth-order valence-electron chi connectivity index (χ4n) is 2.22. The number of nitrogens with zero attached hydrogens (tertiary/aromatic N) is 3. The monoisotopic (exact) mass is 255 g/mol. The van der Waals surface area contributed by atoms with E-state index < -0.39 is 0 Å². The lowest BCUT2D eigenvalue weighted by atomic mass is 10.1. The van der Waals surface area contributed by atoms with E-state index in [9.17, 15) is 5.11 Å².